The number of hydrogen-bond donors (Lipinski definition) is 2. The SMILES string of the molecule is CCNC(=NCCN1CCCC(C)C1)NC1CN(C(C)C)CC1C. The molecule has 2 aliphatic heterocycles. The molecule has 0 radical (unpaired) electrons. The molecule has 5 nitrogen and oxygen atoms in total. The summed E-state index contributed by atoms with van der Waals surface area (Å²) in [6.45, 7) is 19.1. The van der Waals surface area contributed by atoms with Crippen molar-refractivity contribution in [1.82, 2.24) is 20.4 Å². The van der Waals surface area contributed by atoms with Gasteiger partial charge in [0.15, 0.2) is 5.96 Å². The van der Waals surface area contributed by atoms with Gasteiger partial charge in [-0.15, -0.1) is 0 Å². The van der Waals surface area contributed by atoms with Gasteiger partial charge in [0.2, 0.25) is 0 Å². The van der Waals surface area contributed by atoms with Crippen LogP contribution in [-0.4, -0.2) is 73.7 Å². The van der Waals surface area contributed by atoms with E-state index >= 15 is 0 Å². The first-order chi connectivity index (χ1) is 11.5. The maximum absolute atomic E-state index is 4.83. The number of aliphatic imine (C=N–C) groups is 1. The van der Waals surface area contributed by atoms with Gasteiger partial charge in [-0.3, -0.25) is 9.89 Å². The Bertz CT molecular complexity index is 395. The van der Waals surface area contributed by atoms with Gasteiger partial charge in [0.1, 0.15) is 0 Å². The zero-order valence-electron chi connectivity index (χ0n) is 16.5. The predicted octanol–water partition coefficient (Wildman–Crippen LogP) is 2.00. The first-order valence-corrected chi connectivity index (χ1v) is 10.0. The molecule has 24 heavy (non-hydrogen) atoms. The zero-order valence-corrected chi connectivity index (χ0v) is 16.5. The summed E-state index contributed by atoms with van der Waals surface area (Å²) in [7, 11) is 0. The Morgan fingerprint density at radius 2 is 2.00 bits per heavy atom. The minimum absolute atomic E-state index is 0.500. The van der Waals surface area contributed by atoms with Crippen LogP contribution in [0.4, 0.5) is 0 Å². The quantitative estimate of drug-likeness (QED) is 0.575. The van der Waals surface area contributed by atoms with Crippen LogP contribution in [0.3, 0.4) is 0 Å². The fraction of sp³-hybridized carbons (Fsp3) is 0.947. The molecule has 0 spiro atoms. The highest BCUT2D eigenvalue weighted by Crippen LogP contribution is 2.18. The Hall–Kier alpha value is -0.810. The number of piperidine rings is 1. The molecule has 2 fully saturated rings. The van der Waals surface area contributed by atoms with Gasteiger partial charge in [-0.2, -0.15) is 0 Å². The van der Waals surface area contributed by atoms with Crippen LogP contribution in [0.15, 0.2) is 4.99 Å². The molecule has 0 amide bonds. The normalized spacial score (nSPS) is 30.1. The minimum Gasteiger partial charge on any atom is -0.357 e. The van der Waals surface area contributed by atoms with Crippen LogP contribution >= 0.6 is 0 Å². The van der Waals surface area contributed by atoms with Gasteiger partial charge in [-0.25, -0.2) is 0 Å². The van der Waals surface area contributed by atoms with E-state index < -0.39 is 0 Å². The van der Waals surface area contributed by atoms with Crippen LogP contribution < -0.4 is 10.6 Å². The van der Waals surface area contributed by atoms with Crippen LogP contribution in [0.25, 0.3) is 0 Å². The van der Waals surface area contributed by atoms with Gasteiger partial charge < -0.3 is 15.5 Å². The molecule has 0 aromatic carbocycles. The topological polar surface area (TPSA) is 42.9 Å². The number of nitrogens with one attached hydrogen (secondary N) is 2. The van der Waals surface area contributed by atoms with Crippen molar-refractivity contribution in [3.8, 4) is 0 Å². The predicted molar refractivity (Wildman–Crippen MR) is 104 cm³/mol. The number of nitrogens with zero attached hydrogens (tertiary/aromatic N) is 3. The van der Waals surface area contributed by atoms with Crippen LogP contribution in [0, 0.1) is 11.8 Å². The standard InChI is InChI=1S/C19H39N5/c1-6-20-19(21-9-11-23-10-7-8-16(4)12-23)22-18-14-24(15(2)3)13-17(18)5/h15-18H,6-14H2,1-5H3,(H2,20,21,22). The van der Waals surface area contributed by atoms with E-state index in [1.165, 1.54) is 32.5 Å². The van der Waals surface area contributed by atoms with Crippen molar-refractivity contribution in [2.45, 2.75) is 59.5 Å². The molecule has 140 valence electrons. The van der Waals surface area contributed by atoms with E-state index in [0.717, 1.165) is 38.1 Å². The minimum atomic E-state index is 0.500. The summed E-state index contributed by atoms with van der Waals surface area (Å²) in [6, 6.07) is 1.13. The van der Waals surface area contributed by atoms with Crippen LogP contribution in [0.1, 0.15) is 47.5 Å². The Balaban J connectivity index is 1.82. The molecule has 2 aliphatic rings. The molecule has 0 aliphatic carbocycles. The molecule has 5 heteroatoms. The average Bonchev–Trinajstić information content (AvgIpc) is 2.89. The van der Waals surface area contributed by atoms with Crippen molar-refractivity contribution >= 4 is 5.96 Å². The average molecular weight is 338 g/mol. The van der Waals surface area contributed by atoms with E-state index in [9.17, 15) is 0 Å². The summed E-state index contributed by atoms with van der Waals surface area (Å²) in [5.41, 5.74) is 0. The summed E-state index contributed by atoms with van der Waals surface area (Å²) in [5, 5.41) is 7.10. The van der Waals surface area contributed by atoms with Gasteiger partial charge in [0, 0.05) is 44.8 Å². The summed E-state index contributed by atoms with van der Waals surface area (Å²) < 4.78 is 0. The van der Waals surface area contributed by atoms with Crippen molar-refractivity contribution in [1.29, 1.82) is 0 Å². The molecule has 2 saturated heterocycles. The van der Waals surface area contributed by atoms with Crippen LogP contribution in [0.2, 0.25) is 0 Å². The Labute approximate surface area is 149 Å². The highest BCUT2D eigenvalue weighted by atomic mass is 15.3. The Kier molecular flexibility index (Phi) is 7.82. The zero-order chi connectivity index (χ0) is 17.5. The molecule has 0 saturated carbocycles. The smallest absolute Gasteiger partial charge is 0.191 e. The maximum Gasteiger partial charge on any atom is 0.191 e. The molecular weight excluding hydrogens is 298 g/mol. The van der Waals surface area contributed by atoms with Crippen molar-refractivity contribution in [3.63, 3.8) is 0 Å². The monoisotopic (exact) mass is 337 g/mol. The second-order valence-electron chi connectivity index (χ2n) is 8.08. The lowest BCUT2D eigenvalue weighted by Gasteiger charge is -2.30. The Morgan fingerprint density at radius 1 is 1.21 bits per heavy atom. The molecule has 3 unspecified atom stereocenters. The van der Waals surface area contributed by atoms with Crippen molar-refractivity contribution in [2.24, 2.45) is 16.8 Å². The molecule has 2 rings (SSSR count). The van der Waals surface area contributed by atoms with E-state index in [-0.39, 0.29) is 0 Å². The van der Waals surface area contributed by atoms with E-state index in [1.54, 1.807) is 0 Å². The van der Waals surface area contributed by atoms with Crippen molar-refractivity contribution < 1.29 is 0 Å². The molecule has 3 atom stereocenters. The molecule has 0 aromatic rings. The van der Waals surface area contributed by atoms with Crippen molar-refractivity contribution in [2.75, 3.05) is 45.8 Å². The third kappa shape index (κ3) is 5.92. The number of guanidine groups is 1. The molecule has 2 N–H and O–H groups in total. The Morgan fingerprint density at radius 3 is 2.62 bits per heavy atom. The largest absolute Gasteiger partial charge is 0.357 e. The summed E-state index contributed by atoms with van der Waals surface area (Å²) >= 11 is 0. The van der Waals surface area contributed by atoms with E-state index in [1.807, 2.05) is 0 Å². The second kappa shape index (κ2) is 9.62. The molecule has 2 heterocycles. The third-order valence-electron chi connectivity index (χ3n) is 5.46. The first-order valence-electron chi connectivity index (χ1n) is 10.0. The van der Waals surface area contributed by atoms with Gasteiger partial charge in [-0.05, 0) is 52.0 Å². The van der Waals surface area contributed by atoms with E-state index in [2.05, 4.69) is 55.1 Å². The molecule has 0 bridgehead atoms. The van der Waals surface area contributed by atoms with Crippen LogP contribution in [-0.2, 0) is 0 Å². The second-order valence-corrected chi connectivity index (χ2v) is 8.08. The fourth-order valence-corrected chi connectivity index (χ4v) is 3.90. The number of hydrogen-bond acceptors (Lipinski definition) is 3. The number of rotatable bonds is 6. The van der Waals surface area contributed by atoms with Crippen LogP contribution in [0.5, 0.6) is 0 Å². The summed E-state index contributed by atoms with van der Waals surface area (Å²) in [4.78, 5) is 9.96. The molecule has 0 aromatic heterocycles. The summed E-state index contributed by atoms with van der Waals surface area (Å²) in [6.07, 6.45) is 2.73. The maximum atomic E-state index is 4.83. The lowest BCUT2D eigenvalue weighted by Crippen LogP contribution is -2.47. The van der Waals surface area contributed by atoms with E-state index in [4.69, 9.17) is 4.99 Å². The number of likely N-dealkylation sites (tertiary alicyclic amines) is 2. The van der Waals surface area contributed by atoms with Gasteiger partial charge in [0.05, 0.1) is 6.54 Å². The lowest BCUT2D eigenvalue weighted by atomic mass is 10.0. The van der Waals surface area contributed by atoms with Crippen molar-refractivity contribution in [3.05, 3.63) is 0 Å². The van der Waals surface area contributed by atoms with Gasteiger partial charge in [0.25, 0.3) is 0 Å². The lowest BCUT2D eigenvalue weighted by molar-refractivity contribution is 0.189. The fourth-order valence-electron chi connectivity index (χ4n) is 3.90. The van der Waals surface area contributed by atoms with Gasteiger partial charge >= 0.3 is 0 Å². The highest BCUT2D eigenvalue weighted by Gasteiger charge is 2.31. The van der Waals surface area contributed by atoms with E-state index in [0.29, 0.717) is 18.0 Å². The molecular formula is C19H39N5. The third-order valence-corrected chi connectivity index (χ3v) is 5.46. The first kappa shape index (κ1) is 19.5. The highest BCUT2D eigenvalue weighted by molar-refractivity contribution is 5.80. The summed E-state index contributed by atoms with van der Waals surface area (Å²) in [5.74, 6) is 2.50. The van der Waals surface area contributed by atoms with Gasteiger partial charge in [-0.1, -0.05) is 13.8 Å².